The second kappa shape index (κ2) is 15.4. The fraction of sp³-hybridized carbons (Fsp3) is 0.257. The molecule has 1 aliphatic rings. The van der Waals surface area contributed by atoms with Crippen molar-refractivity contribution in [1.29, 1.82) is 0 Å². The molecule has 1 amide bonds. The molecule has 4 aromatic rings. The highest BCUT2D eigenvalue weighted by Gasteiger charge is 2.38. The lowest BCUT2D eigenvalue weighted by atomic mass is 9.84. The molecular weight excluding hydrogens is 561 g/mol. The molecule has 1 fully saturated rings. The number of hydrogen-bond acceptors (Lipinski definition) is 6. The van der Waals surface area contributed by atoms with Gasteiger partial charge in [-0.2, -0.15) is 0 Å². The maximum Gasteiger partial charge on any atom is 0.397 e. The molecule has 2 unspecified atom stereocenters. The summed E-state index contributed by atoms with van der Waals surface area (Å²) in [6.07, 6.45) is 2.55. The van der Waals surface area contributed by atoms with Crippen molar-refractivity contribution in [2.45, 2.75) is 44.4 Å². The van der Waals surface area contributed by atoms with E-state index in [4.69, 9.17) is 18.3 Å². The van der Waals surface area contributed by atoms with E-state index >= 15 is 0 Å². The monoisotopic (exact) mass is 597 g/mol. The van der Waals surface area contributed by atoms with Crippen LogP contribution in [0.15, 0.2) is 115 Å². The molecule has 0 spiro atoms. The summed E-state index contributed by atoms with van der Waals surface area (Å²) in [4.78, 5) is 28.6. The van der Waals surface area contributed by atoms with Crippen LogP contribution in [0, 0.1) is 0 Å². The summed E-state index contributed by atoms with van der Waals surface area (Å²) in [5.41, 5.74) is 3.40. The van der Waals surface area contributed by atoms with Gasteiger partial charge in [-0.25, -0.2) is 0 Å². The highest BCUT2D eigenvalue weighted by Crippen LogP contribution is 2.42. The van der Waals surface area contributed by atoms with Crippen LogP contribution < -0.4 is 4.52 Å². The van der Waals surface area contributed by atoms with Gasteiger partial charge < -0.3 is 14.2 Å². The molecule has 1 saturated heterocycles. The molecule has 7 nitrogen and oxygen atoms in total. The van der Waals surface area contributed by atoms with E-state index in [1.165, 1.54) is 7.11 Å². The molecule has 0 bridgehead atoms. The van der Waals surface area contributed by atoms with E-state index in [0.29, 0.717) is 31.1 Å². The topological polar surface area (TPSA) is 74.3 Å². The van der Waals surface area contributed by atoms with Crippen LogP contribution in [0.4, 0.5) is 0 Å². The Balaban J connectivity index is 1.29. The Hall–Kier alpha value is -4.03. The molecule has 222 valence electrons. The number of benzene rings is 4. The maximum absolute atomic E-state index is 13.8. The number of piperidine rings is 1. The molecule has 0 aromatic heterocycles. The normalized spacial score (nSPS) is 15.6. The second-order valence-corrected chi connectivity index (χ2v) is 11.5. The maximum atomic E-state index is 13.8. The third kappa shape index (κ3) is 8.29. The number of esters is 1. The number of methoxy groups -OCH3 is 1. The highest BCUT2D eigenvalue weighted by atomic mass is 31.2. The van der Waals surface area contributed by atoms with Gasteiger partial charge in [0.05, 0.1) is 20.3 Å². The van der Waals surface area contributed by atoms with Gasteiger partial charge in [-0.3, -0.25) is 18.6 Å². The van der Waals surface area contributed by atoms with Gasteiger partial charge in [0.15, 0.2) is 0 Å². The van der Waals surface area contributed by atoms with Crippen LogP contribution in [0.5, 0.6) is 5.75 Å². The van der Waals surface area contributed by atoms with Gasteiger partial charge in [-0.1, -0.05) is 91.0 Å². The molecule has 1 heterocycles. The van der Waals surface area contributed by atoms with Gasteiger partial charge in [-0.05, 0) is 60.2 Å². The van der Waals surface area contributed by atoms with E-state index in [1.807, 2.05) is 95.9 Å². The first-order valence-electron chi connectivity index (χ1n) is 14.5. The lowest BCUT2D eigenvalue weighted by Gasteiger charge is -2.39. The van der Waals surface area contributed by atoms with Crippen molar-refractivity contribution in [3.63, 3.8) is 0 Å². The minimum atomic E-state index is -1.72. The van der Waals surface area contributed by atoms with E-state index in [2.05, 4.69) is 0 Å². The Bertz CT molecular complexity index is 1390. The minimum Gasteiger partial charge on any atom is -0.468 e. The van der Waals surface area contributed by atoms with E-state index < -0.39 is 14.5 Å². The van der Waals surface area contributed by atoms with E-state index in [9.17, 15) is 9.59 Å². The molecule has 0 radical (unpaired) electrons. The fourth-order valence-corrected chi connectivity index (χ4v) is 6.24. The van der Waals surface area contributed by atoms with Crippen molar-refractivity contribution in [2.75, 3.05) is 13.7 Å². The van der Waals surface area contributed by atoms with Crippen molar-refractivity contribution in [2.24, 2.45) is 0 Å². The Kier molecular flexibility index (Phi) is 10.9. The Morgan fingerprint density at radius 3 is 1.88 bits per heavy atom. The van der Waals surface area contributed by atoms with E-state index in [0.717, 1.165) is 36.0 Å². The average Bonchev–Trinajstić information content (AvgIpc) is 3.07. The molecule has 4 aromatic carbocycles. The summed E-state index contributed by atoms with van der Waals surface area (Å²) < 4.78 is 23.4. The van der Waals surface area contributed by atoms with Crippen LogP contribution in [0.25, 0.3) is 0 Å². The Morgan fingerprint density at radius 2 is 1.33 bits per heavy atom. The Labute approximate surface area is 254 Å². The summed E-state index contributed by atoms with van der Waals surface area (Å²) in [6, 6.07) is 36.0. The summed E-state index contributed by atoms with van der Waals surface area (Å²) in [5.74, 6) is -0.469. The van der Waals surface area contributed by atoms with Crippen LogP contribution >= 0.6 is 8.60 Å². The molecule has 5 rings (SSSR count). The first-order valence-corrected chi connectivity index (χ1v) is 15.6. The van der Waals surface area contributed by atoms with Gasteiger partial charge in [-0.15, -0.1) is 0 Å². The zero-order chi connectivity index (χ0) is 29.9. The fourth-order valence-electron chi connectivity index (χ4n) is 5.26. The number of nitrogens with zero attached hydrogens (tertiary/aromatic N) is 1. The molecule has 0 saturated carbocycles. The van der Waals surface area contributed by atoms with Gasteiger partial charge in [0.2, 0.25) is 0 Å². The molecule has 0 N–H and O–H groups in total. The standard InChI is InChI=1S/C35H36NO6P/c1-39-35(38)33(29-17-9-4-10-18-29)32-19-11-12-24-36(32)34(37)30-20-22-31(23-21-30)42-43(40-25-27-13-5-2-6-14-27)41-26-28-15-7-3-8-16-28/h2-10,13-18,20-23,32-33H,11-12,19,24-26H2,1H3. The van der Waals surface area contributed by atoms with Crippen LogP contribution in [0.3, 0.4) is 0 Å². The van der Waals surface area contributed by atoms with Gasteiger partial charge in [0, 0.05) is 18.2 Å². The minimum absolute atomic E-state index is 0.121. The third-order valence-electron chi connectivity index (χ3n) is 7.45. The first-order chi connectivity index (χ1) is 21.1. The van der Waals surface area contributed by atoms with Crippen LogP contribution in [-0.4, -0.2) is 36.5 Å². The molecule has 8 heteroatoms. The Morgan fingerprint density at radius 1 is 0.767 bits per heavy atom. The molecule has 43 heavy (non-hydrogen) atoms. The third-order valence-corrected chi connectivity index (χ3v) is 8.49. The smallest absolute Gasteiger partial charge is 0.397 e. The van der Waals surface area contributed by atoms with E-state index in [-0.39, 0.29) is 17.9 Å². The SMILES string of the molecule is COC(=O)C(c1ccccc1)C1CCCCN1C(=O)c1ccc(OP(OCc2ccccc2)OCc2ccccc2)cc1. The van der Waals surface area contributed by atoms with E-state index in [1.54, 1.807) is 24.3 Å². The van der Waals surface area contributed by atoms with Gasteiger partial charge in [0.25, 0.3) is 5.91 Å². The predicted octanol–water partition coefficient (Wildman–Crippen LogP) is 7.68. The summed E-state index contributed by atoms with van der Waals surface area (Å²) >= 11 is 0. The van der Waals surface area contributed by atoms with Crippen LogP contribution in [0.1, 0.15) is 52.2 Å². The van der Waals surface area contributed by atoms with Crippen molar-refractivity contribution in [3.05, 3.63) is 138 Å². The number of amides is 1. The molecule has 2 atom stereocenters. The number of carbonyl (C=O) groups is 2. The second-order valence-electron chi connectivity index (χ2n) is 10.3. The van der Waals surface area contributed by atoms with Crippen molar-refractivity contribution < 1.29 is 27.9 Å². The highest BCUT2D eigenvalue weighted by molar-refractivity contribution is 7.42. The zero-order valence-electron chi connectivity index (χ0n) is 24.2. The quantitative estimate of drug-likeness (QED) is 0.123. The lowest BCUT2D eigenvalue weighted by molar-refractivity contribution is -0.144. The molecule has 0 aliphatic carbocycles. The summed E-state index contributed by atoms with van der Waals surface area (Å²) in [7, 11) is -0.322. The van der Waals surface area contributed by atoms with Crippen molar-refractivity contribution in [1.82, 2.24) is 4.90 Å². The number of hydrogen-bond donors (Lipinski definition) is 0. The molecular formula is C35H36NO6P. The van der Waals surface area contributed by atoms with Crippen LogP contribution in [-0.2, 0) is 31.8 Å². The van der Waals surface area contributed by atoms with Crippen molar-refractivity contribution >= 4 is 20.5 Å². The number of likely N-dealkylation sites (tertiary alicyclic amines) is 1. The largest absolute Gasteiger partial charge is 0.468 e. The zero-order valence-corrected chi connectivity index (χ0v) is 25.1. The van der Waals surface area contributed by atoms with Crippen molar-refractivity contribution in [3.8, 4) is 5.75 Å². The number of rotatable bonds is 12. The average molecular weight is 598 g/mol. The number of carbonyl (C=O) groups excluding carboxylic acids is 2. The van der Waals surface area contributed by atoms with Crippen LogP contribution in [0.2, 0.25) is 0 Å². The predicted molar refractivity (Wildman–Crippen MR) is 166 cm³/mol. The number of ether oxygens (including phenoxy) is 1. The first kappa shape index (κ1) is 30.4. The van der Waals surface area contributed by atoms with Gasteiger partial charge >= 0.3 is 14.6 Å². The summed E-state index contributed by atoms with van der Waals surface area (Å²) in [5, 5.41) is 0. The molecule has 1 aliphatic heterocycles. The van der Waals surface area contributed by atoms with Gasteiger partial charge in [0.1, 0.15) is 11.7 Å². The summed E-state index contributed by atoms with van der Waals surface area (Å²) in [6.45, 7) is 1.27. The lowest BCUT2D eigenvalue weighted by Crippen LogP contribution is -2.48.